The van der Waals surface area contributed by atoms with E-state index < -0.39 is 0 Å². The normalized spacial score (nSPS) is 20.6. The number of hydrogen-bond acceptors (Lipinski definition) is 5. The highest BCUT2D eigenvalue weighted by atomic mass is 16.5. The van der Waals surface area contributed by atoms with Crippen LogP contribution in [0.5, 0.6) is 0 Å². The van der Waals surface area contributed by atoms with E-state index >= 15 is 0 Å². The van der Waals surface area contributed by atoms with Crippen LogP contribution in [-0.4, -0.2) is 64.3 Å². The summed E-state index contributed by atoms with van der Waals surface area (Å²) in [6.45, 7) is 3.79. The van der Waals surface area contributed by atoms with Crippen molar-refractivity contribution in [2.75, 3.05) is 33.8 Å². The Bertz CT molecular complexity index is 817. The van der Waals surface area contributed by atoms with Crippen molar-refractivity contribution in [3.63, 3.8) is 0 Å². The highest BCUT2D eigenvalue weighted by molar-refractivity contribution is 5.94. The molecule has 3 heterocycles. The fourth-order valence-corrected chi connectivity index (χ4v) is 4.29. The summed E-state index contributed by atoms with van der Waals surface area (Å²) in [5.41, 5.74) is 1.80. The second kappa shape index (κ2) is 8.41. The second-order valence-electron chi connectivity index (χ2n) is 7.79. The molecule has 0 saturated carbocycles. The summed E-state index contributed by atoms with van der Waals surface area (Å²) in [7, 11) is 3.85. The maximum Gasteiger partial charge on any atom is 0.253 e. The SMILES string of the molecule is COCc1ccc(C(=O)N2CCc3nnc(C4CCCCN4C)n3CC2)cc1. The number of methoxy groups -OCH3 is 1. The zero-order chi connectivity index (χ0) is 19.5. The third-order valence-electron chi connectivity index (χ3n) is 5.92. The molecule has 0 spiro atoms. The average Bonchev–Trinajstić information content (AvgIpc) is 2.99. The van der Waals surface area contributed by atoms with Gasteiger partial charge in [0, 0.05) is 38.7 Å². The molecule has 1 aromatic carbocycles. The minimum Gasteiger partial charge on any atom is -0.380 e. The first kappa shape index (κ1) is 19.1. The van der Waals surface area contributed by atoms with Gasteiger partial charge >= 0.3 is 0 Å². The summed E-state index contributed by atoms with van der Waals surface area (Å²) in [4.78, 5) is 17.3. The molecule has 0 N–H and O–H groups in total. The van der Waals surface area contributed by atoms with Gasteiger partial charge in [-0.2, -0.15) is 0 Å². The number of hydrogen-bond donors (Lipinski definition) is 0. The van der Waals surface area contributed by atoms with Crippen molar-refractivity contribution in [3.8, 4) is 0 Å². The number of amides is 1. The van der Waals surface area contributed by atoms with Crippen LogP contribution in [0.2, 0.25) is 0 Å². The molecule has 7 nitrogen and oxygen atoms in total. The van der Waals surface area contributed by atoms with Crippen LogP contribution in [0.25, 0.3) is 0 Å². The van der Waals surface area contributed by atoms with Crippen molar-refractivity contribution in [2.45, 2.75) is 44.9 Å². The van der Waals surface area contributed by atoms with Gasteiger partial charge < -0.3 is 14.2 Å². The van der Waals surface area contributed by atoms with Crippen LogP contribution in [0.1, 0.15) is 52.9 Å². The van der Waals surface area contributed by atoms with Crippen LogP contribution in [0.4, 0.5) is 0 Å². The van der Waals surface area contributed by atoms with Crippen LogP contribution < -0.4 is 0 Å². The first-order valence-corrected chi connectivity index (χ1v) is 10.2. The molecule has 7 heteroatoms. The molecule has 0 aliphatic carbocycles. The molecule has 0 bridgehead atoms. The smallest absolute Gasteiger partial charge is 0.253 e. The third-order valence-corrected chi connectivity index (χ3v) is 5.92. The molecule has 2 aliphatic rings. The Hall–Kier alpha value is -2.25. The van der Waals surface area contributed by atoms with Crippen LogP contribution >= 0.6 is 0 Å². The van der Waals surface area contributed by atoms with Gasteiger partial charge in [0.05, 0.1) is 12.6 Å². The molecule has 1 atom stereocenters. The van der Waals surface area contributed by atoms with Crippen molar-refractivity contribution in [1.82, 2.24) is 24.6 Å². The number of carbonyl (C=O) groups is 1. The summed E-state index contributed by atoms with van der Waals surface area (Å²) in [5.74, 6) is 2.15. The van der Waals surface area contributed by atoms with E-state index in [2.05, 4.69) is 26.7 Å². The number of nitrogens with zero attached hydrogens (tertiary/aromatic N) is 5. The summed E-state index contributed by atoms with van der Waals surface area (Å²) in [6, 6.07) is 8.04. The van der Waals surface area contributed by atoms with Crippen LogP contribution in [0.15, 0.2) is 24.3 Å². The number of rotatable bonds is 4. The van der Waals surface area contributed by atoms with Gasteiger partial charge in [-0.1, -0.05) is 18.6 Å². The number of carbonyl (C=O) groups excluding carboxylic acids is 1. The van der Waals surface area contributed by atoms with Gasteiger partial charge in [-0.15, -0.1) is 10.2 Å². The molecule has 1 aromatic heterocycles. The number of ether oxygens (including phenoxy) is 1. The summed E-state index contributed by atoms with van der Waals surface area (Å²) in [6.07, 6.45) is 4.36. The lowest BCUT2D eigenvalue weighted by Crippen LogP contribution is -2.34. The second-order valence-corrected chi connectivity index (χ2v) is 7.79. The minimum absolute atomic E-state index is 0.0824. The third kappa shape index (κ3) is 3.82. The average molecular weight is 383 g/mol. The molecular weight excluding hydrogens is 354 g/mol. The Morgan fingerprint density at radius 2 is 1.93 bits per heavy atom. The van der Waals surface area contributed by atoms with Crippen LogP contribution in [0, 0.1) is 0 Å². The van der Waals surface area contributed by atoms with Crippen molar-refractivity contribution >= 4 is 5.91 Å². The highest BCUT2D eigenvalue weighted by Gasteiger charge is 2.29. The number of aromatic nitrogens is 3. The molecule has 150 valence electrons. The Morgan fingerprint density at radius 1 is 1.11 bits per heavy atom. The molecule has 2 aliphatic heterocycles. The zero-order valence-corrected chi connectivity index (χ0v) is 16.8. The largest absolute Gasteiger partial charge is 0.380 e. The van der Waals surface area contributed by atoms with Crippen LogP contribution in [-0.2, 0) is 24.3 Å². The number of likely N-dealkylation sites (tertiary alicyclic amines) is 1. The van der Waals surface area contributed by atoms with Crippen molar-refractivity contribution in [3.05, 3.63) is 47.0 Å². The molecule has 2 aromatic rings. The Kier molecular flexibility index (Phi) is 5.73. The van der Waals surface area contributed by atoms with E-state index in [1.807, 2.05) is 29.2 Å². The molecule has 1 saturated heterocycles. The maximum absolute atomic E-state index is 13.0. The van der Waals surface area contributed by atoms with Gasteiger partial charge in [-0.05, 0) is 44.1 Å². The van der Waals surface area contributed by atoms with Crippen molar-refractivity contribution < 1.29 is 9.53 Å². The monoisotopic (exact) mass is 383 g/mol. The van der Waals surface area contributed by atoms with E-state index in [1.165, 1.54) is 12.8 Å². The molecule has 0 radical (unpaired) electrons. The Labute approximate surface area is 166 Å². The van der Waals surface area contributed by atoms with Crippen molar-refractivity contribution in [1.29, 1.82) is 0 Å². The lowest BCUT2D eigenvalue weighted by atomic mass is 10.0. The molecule has 1 fully saturated rings. The molecule has 4 rings (SSSR count). The van der Waals surface area contributed by atoms with E-state index in [0.717, 1.165) is 48.7 Å². The predicted molar refractivity (Wildman–Crippen MR) is 106 cm³/mol. The lowest BCUT2D eigenvalue weighted by molar-refractivity contribution is 0.0757. The topological polar surface area (TPSA) is 63.5 Å². The first-order valence-electron chi connectivity index (χ1n) is 10.2. The van der Waals surface area contributed by atoms with Gasteiger partial charge in [-0.25, -0.2) is 0 Å². The molecule has 1 amide bonds. The molecular formula is C21H29N5O2. The van der Waals surface area contributed by atoms with E-state index in [1.54, 1.807) is 7.11 Å². The molecule has 1 unspecified atom stereocenters. The van der Waals surface area contributed by atoms with E-state index in [4.69, 9.17) is 4.74 Å². The van der Waals surface area contributed by atoms with Gasteiger partial charge in [-0.3, -0.25) is 9.69 Å². The summed E-state index contributed by atoms with van der Waals surface area (Å²) < 4.78 is 7.39. The highest BCUT2D eigenvalue weighted by Crippen LogP contribution is 2.29. The Balaban J connectivity index is 1.46. The maximum atomic E-state index is 13.0. The van der Waals surface area contributed by atoms with Gasteiger partial charge in [0.1, 0.15) is 11.6 Å². The zero-order valence-electron chi connectivity index (χ0n) is 16.8. The minimum atomic E-state index is 0.0824. The quantitative estimate of drug-likeness (QED) is 0.811. The van der Waals surface area contributed by atoms with E-state index in [9.17, 15) is 4.79 Å². The summed E-state index contributed by atoms with van der Waals surface area (Å²) >= 11 is 0. The fraction of sp³-hybridized carbons (Fsp3) is 0.571. The van der Waals surface area contributed by atoms with Gasteiger partial charge in [0.2, 0.25) is 0 Å². The summed E-state index contributed by atoms with van der Waals surface area (Å²) in [5, 5.41) is 8.98. The fourth-order valence-electron chi connectivity index (χ4n) is 4.29. The predicted octanol–water partition coefficient (Wildman–Crippen LogP) is 2.28. The van der Waals surface area contributed by atoms with E-state index in [0.29, 0.717) is 25.7 Å². The van der Waals surface area contributed by atoms with E-state index in [-0.39, 0.29) is 5.91 Å². The first-order chi connectivity index (χ1) is 13.7. The number of benzene rings is 1. The van der Waals surface area contributed by atoms with Gasteiger partial charge in [0.25, 0.3) is 5.91 Å². The number of fused-ring (bicyclic) bond motifs is 1. The van der Waals surface area contributed by atoms with Crippen LogP contribution in [0.3, 0.4) is 0 Å². The standard InChI is InChI=1S/C21H29N5O2/c1-24-11-4-3-5-18(24)20-23-22-19-10-12-25(13-14-26(19)20)21(27)17-8-6-16(7-9-17)15-28-2/h6-9,18H,3-5,10-15H2,1-2H3. The number of piperidine rings is 1. The van der Waals surface area contributed by atoms with Gasteiger partial charge in [0.15, 0.2) is 0 Å². The Morgan fingerprint density at radius 3 is 2.68 bits per heavy atom. The molecule has 28 heavy (non-hydrogen) atoms. The lowest BCUT2D eigenvalue weighted by Gasteiger charge is -2.32. The van der Waals surface area contributed by atoms with Crippen molar-refractivity contribution in [2.24, 2.45) is 0 Å².